The molecule has 3 aromatic rings. The Morgan fingerprint density at radius 1 is 1.03 bits per heavy atom. The number of nitrogens with one attached hydrogen (secondary N) is 1. The van der Waals surface area contributed by atoms with E-state index in [9.17, 15) is 18.0 Å². The fourth-order valence-electron chi connectivity index (χ4n) is 4.22. The number of aryl methyl sites for hydroxylation is 1. The van der Waals surface area contributed by atoms with Crippen molar-refractivity contribution in [2.75, 3.05) is 37.0 Å². The van der Waals surface area contributed by atoms with Crippen LogP contribution in [0.5, 0.6) is 11.5 Å². The summed E-state index contributed by atoms with van der Waals surface area (Å²) in [7, 11) is -1.31. The number of hydrogen-bond donors (Lipinski definition) is 1. The maximum Gasteiger partial charge on any atom is 0.341 e. The second-order valence-electron chi connectivity index (χ2n) is 8.19. The quantitative estimate of drug-likeness (QED) is 0.380. The second kappa shape index (κ2) is 11.2. The average molecular weight is 545 g/mol. The molecule has 1 aliphatic carbocycles. The summed E-state index contributed by atoms with van der Waals surface area (Å²) in [4.78, 5) is 26.9. The molecule has 0 unspecified atom stereocenters. The van der Waals surface area contributed by atoms with Crippen LogP contribution in [-0.2, 0) is 32.4 Å². The van der Waals surface area contributed by atoms with E-state index in [1.54, 1.807) is 37.3 Å². The number of carbonyl (C=O) groups excluding carboxylic acids is 2. The lowest BCUT2D eigenvalue weighted by molar-refractivity contribution is -0.114. The first-order chi connectivity index (χ1) is 17.8. The molecule has 9 nitrogen and oxygen atoms in total. The minimum Gasteiger partial charge on any atom is -0.493 e. The van der Waals surface area contributed by atoms with Gasteiger partial charge in [0.05, 0.1) is 37.0 Å². The SMILES string of the molecule is CCOC(=O)c1c(NC(=O)CN(c2ccccc2)S(=O)(=O)c2ccc(OC)c(OC)c2)sc2c1CCC2. The van der Waals surface area contributed by atoms with Crippen molar-refractivity contribution >= 4 is 43.9 Å². The second-order valence-corrected chi connectivity index (χ2v) is 11.2. The Labute approximate surface area is 220 Å². The van der Waals surface area contributed by atoms with Crippen molar-refractivity contribution in [1.29, 1.82) is 0 Å². The van der Waals surface area contributed by atoms with Crippen molar-refractivity contribution in [2.45, 2.75) is 31.1 Å². The van der Waals surface area contributed by atoms with Crippen molar-refractivity contribution < 1.29 is 32.2 Å². The molecule has 0 fully saturated rings. The van der Waals surface area contributed by atoms with Crippen LogP contribution < -0.4 is 19.1 Å². The van der Waals surface area contributed by atoms with E-state index in [1.165, 1.54) is 43.8 Å². The molecule has 0 saturated heterocycles. The van der Waals surface area contributed by atoms with E-state index in [1.807, 2.05) is 0 Å². The Morgan fingerprint density at radius 2 is 1.76 bits per heavy atom. The summed E-state index contributed by atoms with van der Waals surface area (Å²) in [6.45, 7) is 1.42. The Kier molecular flexibility index (Phi) is 8.03. The molecular formula is C26H28N2O7S2. The molecule has 0 atom stereocenters. The van der Waals surface area contributed by atoms with Crippen LogP contribution in [0.3, 0.4) is 0 Å². The van der Waals surface area contributed by atoms with E-state index in [4.69, 9.17) is 14.2 Å². The number of fused-ring (bicyclic) bond motifs is 1. The van der Waals surface area contributed by atoms with Gasteiger partial charge in [0.2, 0.25) is 5.91 Å². The standard InChI is InChI=1S/C26H28N2O7S2/c1-4-35-26(30)24-19-11-8-12-22(19)36-25(24)27-23(29)16-28(17-9-6-5-7-10-17)37(31,32)18-13-14-20(33-2)21(15-18)34-3/h5-7,9-10,13-15H,4,8,11-12,16H2,1-3H3,(H,27,29). The van der Waals surface area contributed by atoms with Crippen LogP contribution in [0.15, 0.2) is 53.4 Å². The Morgan fingerprint density at radius 3 is 2.43 bits per heavy atom. The minimum absolute atomic E-state index is 0.0656. The van der Waals surface area contributed by atoms with E-state index in [2.05, 4.69) is 5.32 Å². The summed E-state index contributed by atoms with van der Waals surface area (Å²) in [6.07, 6.45) is 2.50. The lowest BCUT2D eigenvalue weighted by Crippen LogP contribution is -2.38. The number of sulfonamides is 1. The lowest BCUT2D eigenvalue weighted by Gasteiger charge is -2.24. The van der Waals surface area contributed by atoms with Crippen molar-refractivity contribution in [3.05, 3.63) is 64.5 Å². The number of amides is 1. The third-order valence-corrected chi connectivity index (χ3v) is 8.91. The minimum atomic E-state index is -4.18. The van der Waals surface area contributed by atoms with E-state index < -0.39 is 28.4 Å². The number of hydrogen-bond acceptors (Lipinski definition) is 8. The number of rotatable bonds is 10. The number of esters is 1. The van der Waals surface area contributed by atoms with E-state index >= 15 is 0 Å². The maximum atomic E-state index is 13.7. The van der Waals surface area contributed by atoms with Crippen LogP contribution in [-0.4, -0.2) is 47.7 Å². The van der Waals surface area contributed by atoms with Gasteiger partial charge in [-0.2, -0.15) is 0 Å². The smallest absolute Gasteiger partial charge is 0.341 e. The molecule has 1 aromatic heterocycles. The molecule has 0 bridgehead atoms. The summed E-state index contributed by atoms with van der Waals surface area (Å²) in [5, 5.41) is 3.15. The number of thiophene rings is 1. The van der Waals surface area contributed by atoms with Crippen molar-refractivity contribution in [2.24, 2.45) is 0 Å². The predicted molar refractivity (Wildman–Crippen MR) is 141 cm³/mol. The number of methoxy groups -OCH3 is 2. The van der Waals surface area contributed by atoms with Gasteiger partial charge in [-0.15, -0.1) is 11.3 Å². The maximum absolute atomic E-state index is 13.7. The first-order valence-corrected chi connectivity index (χ1v) is 14.0. The topological polar surface area (TPSA) is 111 Å². The molecule has 196 valence electrons. The number of ether oxygens (including phenoxy) is 3. The highest BCUT2D eigenvalue weighted by atomic mass is 32.2. The van der Waals surface area contributed by atoms with Crippen molar-refractivity contribution in [1.82, 2.24) is 0 Å². The predicted octanol–water partition coefficient (Wildman–Crippen LogP) is 4.26. The molecule has 4 rings (SSSR count). The van der Waals surface area contributed by atoms with Gasteiger partial charge < -0.3 is 19.5 Å². The summed E-state index contributed by atoms with van der Waals surface area (Å²) in [5.74, 6) is -0.454. The highest BCUT2D eigenvalue weighted by molar-refractivity contribution is 7.92. The van der Waals surface area contributed by atoms with E-state index in [-0.39, 0.29) is 17.3 Å². The molecule has 0 aliphatic heterocycles. The summed E-state index contributed by atoms with van der Waals surface area (Å²) >= 11 is 1.34. The third-order valence-electron chi connectivity index (χ3n) is 5.93. The molecule has 0 radical (unpaired) electrons. The van der Waals surface area contributed by atoms with Crippen molar-refractivity contribution in [3.8, 4) is 11.5 Å². The molecule has 37 heavy (non-hydrogen) atoms. The van der Waals surface area contributed by atoms with E-state index in [0.717, 1.165) is 34.0 Å². The number of carbonyl (C=O) groups is 2. The van der Waals surface area contributed by atoms with Gasteiger partial charge >= 0.3 is 5.97 Å². The van der Waals surface area contributed by atoms with Gasteiger partial charge in [-0.25, -0.2) is 13.2 Å². The number of para-hydroxylation sites is 1. The van der Waals surface area contributed by atoms with Gasteiger partial charge in [0.25, 0.3) is 10.0 Å². The first-order valence-electron chi connectivity index (χ1n) is 11.7. The molecule has 0 saturated carbocycles. The van der Waals surface area contributed by atoms with Crippen molar-refractivity contribution in [3.63, 3.8) is 0 Å². The third kappa shape index (κ3) is 5.42. The fourth-order valence-corrected chi connectivity index (χ4v) is 6.95. The van der Waals surface area contributed by atoms with Gasteiger partial charge in [-0.05, 0) is 56.0 Å². The Balaban J connectivity index is 1.67. The number of anilines is 2. The normalized spacial score (nSPS) is 12.5. The monoisotopic (exact) mass is 544 g/mol. The van der Waals surface area contributed by atoms with Crippen LogP contribution in [0.25, 0.3) is 0 Å². The van der Waals surface area contributed by atoms with Gasteiger partial charge in [0.1, 0.15) is 11.5 Å². The zero-order valence-electron chi connectivity index (χ0n) is 20.8. The highest BCUT2D eigenvalue weighted by Crippen LogP contribution is 2.40. The van der Waals surface area contributed by atoms with Crippen LogP contribution in [0.2, 0.25) is 0 Å². The fraction of sp³-hybridized carbons (Fsp3) is 0.308. The van der Waals surface area contributed by atoms with Crippen LogP contribution in [0, 0.1) is 0 Å². The van der Waals surface area contributed by atoms with Gasteiger partial charge in [-0.3, -0.25) is 9.10 Å². The lowest BCUT2D eigenvalue weighted by atomic mass is 10.1. The summed E-state index contributed by atoms with van der Waals surface area (Å²) in [5.41, 5.74) is 1.57. The average Bonchev–Trinajstić information content (AvgIpc) is 3.48. The van der Waals surface area contributed by atoms with Crippen LogP contribution >= 0.6 is 11.3 Å². The molecule has 1 amide bonds. The summed E-state index contributed by atoms with van der Waals surface area (Å²) in [6, 6.07) is 12.6. The van der Waals surface area contributed by atoms with Gasteiger partial charge in [0, 0.05) is 10.9 Å². The molecule has 1 heterocycles. The zero-order valence-corrected chi connectivity index (χ0v) is 22.4. The molecule has 2 aromatic carbocycles. The Hall–Kier alpha value is -3.57. The van der Waals surface area contributed by atoms with Crippen LogP contribution in [0.1, 0.15) is 34.1 Å². The van der Waals surface area contributed by atoms with Gasteiger partial charge in [0.15, 0.2) is 11.5 Å². The van der Waals surface area contributed by atoms with Crippen LogP contribution in [0.4, 0.5) is 10.7 Å². The largest absolute Gasteiger partial charge is 0.493 e. The molecule has 0 spiro atoms. The number of benzene rings is 2. The molecule has 1 aliphatic rings. The zero-order chi connectivity index (χ0) is 26.6. The highest BCUT2D eigenvalue weighted by Gasteiger charge is 2.31. The molecule has 1 N–H and O–H groups in total. The Bertz CT molecular complexity index is 1400. The number of nitrogens with zero attached hydrogens (tertiary/aromatic N) is 1. The molecule has 11 heteroatoms. The van der Waals surface area contributed by atoms with Gasteiger partial charge in [-0.1, -0.05) is 18.2 Å². The summed E-state index contributed by atoms with van der Waals surface area (Å²) < 4.78 is 44.2. The molecular weight excluding hydrogens is 516 g/mol. The first kappa shape index (κ1) is 26.5. The van der Waals surface area contributed by atoms with E-state index in [0.29, 0.717) is 22.0 Å².